The minimum atomic E-state index is -0.669. The van der Waals surface area contributed by atoms with Gasteiger partial charge >= 0.3 is 0 Å². The minimum Gasteiger partial charge on any atom is -0.337 e. The van der Waals surface area contributed by atoms with Gasteiger partial charge < -0.3 is 4.90 Å². The largest absolute Gasteiger partial charge is 0.337 e. The molecule has 0 atom stereocenters. The van der Waals surface area contributed by atoms with Crippen LogP contribution in [-0.4, -0.2) is 40.0 Å². The third kappa shape index (κ3) is 4.31. The predicted octanol–water partition coefficient (Wildman–Crippen LogP) is 5.42. The summed E-state index contributed by atoms with van der Waals surface area (Å²) in [4.78, 5) is 18.8. The van der Waals surface area contributed by atoms with Crippen LogP contribution in [0.1, 0.15) is 66.6 Å². The lowest BCUT2D eigenvalue weighted by atomic mass is 9.89. The lowest BCUT2D eigenvalue weighted by Gasteiger charge is -2.23. The summed E-state index contributed by atoms with van der Waals surface area (Å²) in [7, 11) is 1.79. The van der Waals surface area contributed by atoms with Crippen LogP contribution >= 0.6 is 0 Å². The number of hydrogen-bond acceptors (Lipinski definition) is 3. The van der Waals surface area contributed by atoms with Crippen molar-refractivity contribution in [2.45, 2.75) is 52.6 Å². The highest BCUT2D eigenvalue weighted by Gasteiger charge is 2.30. The average Bonchev–Trinajstić information content (AvgIpc) is 3.49. The molecule has 0 N–H and O–H groups in total. The van der Waals surface area contributed by atoms with E-state index in [0.717, 1.165) is 23.2 Å². The number of benzene rings is 1. The number of allylic oxidation sites excluding steroid dienone is 3. The zero-order valence-electron chi connectivity index (χ0n) is 19.2. The summed E-state index contributed by atoms with van der Waals surface area (Å²) >= 11 is 0. The van der Waals surface area contributed by atoms with Gasteiger partial charge in [0, 0.05) is 48.6 Å². The number of amides is 1. The van der Waals surface area contributed by atoms with E-state index >= 15 is 0 Å². The molecule has 32 heavy (non-hydrogen) atoms. The molecule has 1 saturated carbocycles. The van der Waals surface area contributed by atoms with Crippen molar-refractivity contribution in [3.63, 3.8) is 0 Å². The van der Waals surface area contributed by atoms with Gasteiger partial charge in [-0.3, -0.25) is 9.48 Å². The smallest absolute Gasteiger partial charge is 0.254 e. The molecule has 0 unspecified atom stereocenters. The first-order chi connectivity index (χ1) is 15.3. The summed E-state index contributed by atoms with van der Waals surface area (Å²) < 4.78 is 15.5. The summed E-state index contributed by atoms with van der Waals surface area (Å²) in [5.41, 5.74) is 5.09. The summed E-state index contributed by atoms with van der Waals surface area (Å²) in [6, 6.07) is 5.73. The van der Waals surface area contributed by atoms with Crippen molar-refractivity contribution in [2.24, 2.45) is 10.4 Å². The maximum Gasteiger partial charge on any atom is 0.254 e. The Morgan fingerprint density at radius 3 is 2.75 bits per heavy atom. The Bertz CT molecular complexity index is 1100. The zero-order valence-corrected chi connectivity index (χ0v) is 19.2. The first-order valence-corrected chi connectivity index (χ1v) is 11.2. The van der Waals surface area contributed by atoms with E-state index in [-0.39, 0.29) is 11.3 Å². The molecule has 1 aliphatic carbocycles. The zero-order chi connectivity index (χ0) is 22.9. The van der Waals surface area contributed by atoms with Crippen LogP contribution in [0.3, 0.4) is 0 Å². The second-order valence-corrected chi connectivity index (χ2v) is 9.33. The fourth-order valence-electron chi connectivity index (χ4n) is 4.74. The van der Waals surface area contributed by atoms with E-state index < -0.39 is 6.67 Å². The molecule has 0 spiro atoms. The van der Waals surface area contributed by atoms with Gasteiger partial charge in [-0.15, -0.1) is 0 Å². The van der Waals surface area contributed by atoms with Gasteiger partial charge in [0.15, 0.2) is 0 Å². The molecule has 5 nitrogen and oxygen atoms in total. The first-order valence-electron chi connectivity index (χ1n) is 11.2. The van der Waals surface area contributed by atoms with Crippen molar-refractivity contribution in [1.29, 1.82) is 0 Å². The van der Waals surface area contributed by atoms with Crippen LogP contribution in [-0.2, 0) is 13.1 Å². The summed E-state index contributed by atoms with van der Waals surface area (Å²) in [6.07, 6.45) is 10.4. The highest BCUT2D eigenvalue weighted by Crippen LogP contribution is 2.39. The highest BCUT2D eigenvalue weighted by molar-refractivity contribution is 6.31. The van der Waals surface area contributed by atoms with Gasteiger partial charge in [-0.05, 0) is 36.8 Å². The van der Waals surface area contributed by atoms with Crippen LogP contribution in [0.4, 0.5) is 4.39 Å². The maximum absolute atomic E-state index is 13.5. The minimum absolute atomic E-state index is 0.0128. The molecule has 0 bridgehead atoms. The standard InChI is InChI=1S/C26H31FN4O/c1-5-22(13-27)29-24(19-8-9-20-15-30(4)25(32)23(20)12-19)18(2)21-14-28-31(16-21)17-26(3)10-6-7-11-26/h5,8-9,12,14,16H,2,6-7,10-11,13,15,17H2,1,3-4H3/b22-5-,29-24?. The van der Waals surface area contributed by atoms with Crippen molar-refractivity contribution >= 4 is 17.2 Å². The predicted molar refractivity (Wildman–Crippen MR) is 126 cm³/mol. The molecule has 1 aliphatic heterocycles. The molecule has 0 radical (unpaired) electrons. The molecule has 168 valence electrons. The second-order valence-electron chi connectivity index (χ2n) is 9.33. The van der Waals surface area contributed by atoms with E-state index in [4.69, 9.17) is 0 Å². The van der Waals surface area contributed by atoms with Crippen LogP contribution in [0.15, 0.2) is 53.9 Å². The number of carbonyl (C=O) groups is 1. The lowest BCUT2D eigenvalue weighted by molar-refractivity contribution is 0.0816. The van der Waals surface area contributed by atoms with Crippen molar-refractivity contribution in [2.75, 3.05) is 13.7 Å². The molecule has 1 aromatic heterocycles. The van der Waals surface area contributed by atoms with E-state index in [1.54, 1.807) is 31.1 Å². The fraction of sp³-hybridized carbons (Fsp3) is 0.423. The number of hydrogen-bond donors (Lipinski definition) is 0. The van der Waals surface area contributed by atoms with Gasteiger partial charge in [0.05, 0.1) is 17.6 Å². The molecule has 1 aromatic carbocycles. The molecule has 4 rings (SSSR count). The Labute approximate surface area is 189 Å². The molecule has 2 aromatic rings. The quantitative estimate of drug-likeness (QED) is 0.546. The second kappa shape index (κ2) is 8.85. The number of aromatic nitrogens is 2. The van der Waals surface area contributed by atoms with Crippen LogP contribution < -0.4 is 0 Å². The third-order valence-corrected chi connectivity index (χ3v) is 6.72. The Morgan fingerprint density at radius 2 is 2.06 bits per heavy atom. The van der Waals surface area contributed by atoms with Crippen LogP contribution in [0, 0.1) is 5.41 Å². The molecule has 2 aliphatic rings. The Hall–Kier alpha value is -3.02. The van der Waals surface area contributed by atoms with Crippen LogP contribution in [0.25, 0.3) is 5.57 Å². The summed E-state index contributed by atoms with van der Waals surface area (Å²) in [5.74, 6) is -0.0128. The Balaban J connectivity index is 1.68. The van der Waals surface area contributed by atoms with Gasteiger partial charge in [0.1, 0.15) is 6.67 Å². The molecular formula is C26H31FN4O. The number of fused-ring (bicyclic) bond motifs is 1. The topological polar surface area (TPSA) is 50.5 Å². The lowest BCUT2D eigenvalue weighted by Crippen LogP contribution is -2.19. The number of nitrogens with zero attached hydrogens (tertiary/aromatic N) is 4. The van der Waals surface area contributed by atoms with E-state index in [0.29, 0.717) is 29.1 Å². The molecule has 1 amide bonds. The third-order valence-electron chi connectivity index (χ3n) is 6.72. The van der Waals surface area contributed by atoms with E-state index in [1.165, 1.54) is 25.7 Å². The van der Waals surface area contributed by atoms with Crippen molar-refractivity contribution in [3.05, 3.63) is 71.2 Å². The fourth-order valence-corrected chi connectivity index (χ4v) is 4.74. The molecule has 0 saturated heterocycles. The van der Waals surface area contributed by atoms with Gasteiger partial charge in [-0.2, -0.15) is 5.10 Å². The van der Waals surface area contributed by atoms with Crippen LogP contribution in [0.2, 0.25) is 0 Å². The Morgan fingerprint density at radius 1 is 1.31 bits per heavy atom. The van der Waals surface area contributed by atoms with Crippen molar-refractivity contribution < 1.29 is 9.18 Å². The number of alkyl halides is 1. The Kier molecular flexibility index (Phi) is 6.13. The maximum atomic E-state index is 13.5. The number of halogens is 1. The van der Waals surface area contributed by atoms with E-state index in [9.17, 15) is 9.18 Å². The monoisotopic (exact) mass is 434 g/mol. The molecular weight excluding hydrogens is 403 g/mol. The highest BCUT2D eigenvalue weighted by atomic mass is 19.1. The molecule has 1 fully saturated rings. The van der Waals surface area contributed by atoms with Crippen molar-refractivity contribution in [3.8, 4) is 0 Å². The van der Waals surface area contributed by atoms with E-state index in [1.807, 2.05) is 29.1 Å². The molecule has 2 heterocycles. The van der Waals surface area contributed by atoms with Crippen LogP contribution in [0.5, 0.6) is 0 Å². The summed E-state index contributed by atoms with van der Waals surface area (Å²) in [6.45, 7) is 9.17. The first kappa shape index (κ1) is 22.2. The van der Waals surface area contributed by atoms with E-state index in [2.05, 4.69) is 23.6 Å². The van der Waals surface area contributed by atoms with Gasteiger partial charge in [-0.1, -0.05) is 44.6 Å². The van der Waals surface area contributed by atoms with Gasteiger partial charge in [0.2, 0.25) is 0 Å². The van der Waals surface area contributed by atoms with Crippen molar-refractivity contribution in [1.82, 2.24) is 14.7 Å². The number of rotatable bonds is 7. The normalized spacial score (nSPS) is 18.4. The average molecular weight is 435 g/mol. The van der Waals surface area contributed by atoms with Gasteiger partial charge in [0.25, 0.3) is 5.91 Å². The number of carbonyl (C=O) groups excluding carboxylic acids is 1. The SMILES string of the molecule is C=C(C(=N/C(=C\C)CF)c1ccc2c(c1)C(=O)N(C)C2)c1cnn(CC2(C)CCCC2)c1. The summed E-state index contributed by atoms with van der Waals surface area (Å²) in [5, 5.41) is 4.57. The number of aliphatic imine (C=N–C) groups is 1. The van der Waals surface area contributed by atoms with Gasteiger partial charge in [-0.25, -0.2) is 9.38 Å². The molecule has 6 heteroatoms.